The van der Waals surface area contributed by atoms with Crippen LogP contribution in [0.3, 0.4) is 0 Å². The van der Waals surface area contributed by atoms with Crippen molar-refractivity contribution < 1.29 is 14.1 Å². The lowest BCUT2D eigenvalue weighted by atomic mass is 10.0. The van der Waals surface area contributed by atoms with Crippen molar-refractivity contribution in [3.05, 3.63) is 35.1 Å². The third-order valence-electron chi connectivity index (χ3n) is 4.06. The molecule has 2 aromatic rings. The first-order chi connectivity index (χ1) is 11.5. The second-order valence-electron chi connectivity index (χ2n) is 6.09. The maximum Gasteiger partial charge on any atom is 0.259 e. The van der Waals surface area contributed by atoms with Gasteiger partial charge in [-0.1, -0.05) is 19.0 Å². The van der Waals surface area contributed by atoms with Crippen LogP contribution >= 0.6 is 0 Å². The molecular weight excluding hydrogens is 310 g/mol. The van der Waals surface area contributed by atoms with Crippen LogP contribution in [0, 0.1) is 6.92 Å². The van der Waals surface area contributed by atoms with Crippen molar-refractivity contribution in [1.82, 2.24) is 20.0 Å². The first-order valence-corrected chi connectivity index (χ1v) is 7.92. The molecule has 0 aliphatic carbocycles. The summed E-state index contributed by atoms with van der Waals surface area (Å²) in [5, 5.41) is 4.03. The largest absolute Gasteiger partial charge is 0.382 e. The minimum atomic E-state index is -0.390. The molecule has 1 aliphatic rings. The molecular formula is C16H21N5O3. The molecule has 0 aromatic carbocycles. The van der Waals surface area contributed by atoms with Gasteiger partial charge in [0, 0.05) is 18.9 Å². The van der Waals surface area contributed by atoms with Crippen molar-refractivity contribution in [3.8, 4) is 0 Å². The van der Waals surface area contributed by atoms with Crippen molar-refractivity contribution in [2.45, 2.75) is 32.8 Å². The zero-order valence-electron chi connectivity index (χ0n) is 14.0. The average Bonchev–Trinajstić information content (AvgIpc) is 2.96. The molecule has 8 heteroatoms. The Morgan fingerprint density at radius 2 is 2.12 bits per heavy atom. The summed E-state index contributed by atoms with van der Waals surface area (Å²) in [6, 6.07) is 0. The van der Waals surface area contributed by atoms with Crippen LogP contribution in [0.5, 0.6) is 0 Å². The standard InChI is InChI=1S/C16H21N5O3/c1-9(2)13-12(10(3)24-20-13)16(22)21-6-7-23-11(8-21)14-15(17)19-5-4-18-14/h4-5,9,11H,6-8H2,1-3H3,(H2,17,19). The van der Waals surface area contributed by atoms with Gasteiger partial charge in [-0.2, -0.15) is 0 Å². The Morgan fingerprint density at radius 1 is 1.38 bits per heavy atom. The Morgan fingerprint density at radius 3 is 2.83 bits per heavy atom. The predicted molar refractivity (Wildman–Crippen MR) is 86.4 cm³/mol. The molecule has 1 aliphatic heterocycles. The fourth-order valence-corrected chi connectivity index (χ4v) is 2.81. The van der Waals surface area contributed by atoms with E-state index in [1.165, 1.54) is 6.20 Å². The zero-order valence-corrected chi connectivity index (χ0v) is 14.0. The number of carbonyl (C=O) groups excluding carboxylic acids is 1. The number of nitrogen functional groups attached to an aromatic ring is 1. The second kappa shape index (κ2) is 6.56. The molecule has 24 heavy (non-hydrogen) atoms. The number of aryl methyl sites for hydroxylation is 1. The Kier molecular flexibility index (Phi) is 4.48. The number of amides is 1. The van der Waals surface area contributed by atoms with Crippen LogP contribution in [0.15, 0.2) is 16.9 Å². The van der Waals surface area contributed by atoms with Gasteiger partial charge in [-0.05, 0) is 12.8 Å². The molecule has 2 N–H and O–H groups in total. The second-order valence-corrected chi connectivity index (χ2v) is 6.09. The molecule has 128 valence electrons. The van der Waals surface area contributed by atoms with Crippen LogP contribution in [0.2, 0.25) is 0 Å². The van der Waals surface area contributed by atoms with Crippen LogP contribution in [0.4, 0.5) is 5.82 Å². The molecule has 0 radical (unpaired) electrons. The summed E-state index contributed by atoms with van der Waals surface area (Å²) in [6.07, 6.45) is 2.70. The smallest absolute Gasteiger partial charge is 0.259 e. The summed E-state index contributed by atoms with van der Waals surface area (Å²) in [5.74, 6) is 0.855. The average molecular weight is 331 g/mol. The summed E-state index contributed by atoms with van der Waals surface area (Å²) in [4.78, 5) is 23.0. The topological polar surface area (TPSA) is 107 Å². The van der Waals surface area contributed by atoms with E-state index in [2.05, 4.69) is 15.1 Å². The highest BCUT2D eigenvalue weighted by Crippen LogP contribution is 2.27. The van der Waals surface area contributed by atoms with Gasteiger partial charge in [0.15, 0.2) is 0 Å². The molecule has 1 fully saturated rings. The van der Waals surface area contributed by atoms with Gasteiger partial charge in [-0.15, -0.1) is 0 Å². The maximum atomic E-state index is 13.0. The number of aromatic nitrogens is 3. The van der Waals surface area contributed by atoms with E-state index in [-0.39, 0.29) is 17.9 Å². The van der Waals surface area contributed by atoms with Gasteiger partial charge >= 0.3 is 0 Å². The number of rotatable bonds is 3. The molecule has 0 saturated carbocycles. The minimum Gasteiger partial charge on any atom is -0.382 e. The lowest BCUT2D eigenvalue weighted by Crippen LogP contribution is -2.43. The van der Waals surface area contributed by atoms with Crippen molar-refractivity contribution in [1.29, 1.82) is 0 Å². The van der Waals surface area contributed by atoms with Crippen LogP contribution in [0.25, 0.3) is 0 Å². The molecule has 2 aromatic heterocycles. The first-order valence-electron chi connectivity index (χ1n) is 7.92. The van der Waals surface area contributed by atoms with Gasteiger partial charge < -0.3 is 19.9 Å². The van der Waals surface area contributed by atoms with Gasteiger partial charge in [-0.3, -0.25) is 9.78 Å². The molecule has 1 unspecified atom stereocenters. The van der Waals surface area contributed by atoms with Crippen LogP contribution in [-0.2, 0) is 4.74 Å². The summed E-state index contributed by atoms with van der Waals surface area (Å²) in [5.41, 5.74) is 7.65. The fraction of sp³-hybridized carbons (Fsp3) is 0.500. The summed E-state index contributed by atoms with van der Waals surface area (Å²) >= 11 is 0. The molecule has 0 bridgehead atoms. The van der Waals surface area contributed by atoms with Gasteiger partial charge in [0.05, 0.1) is 18.8 Å². The van der Waals surface area contributed by atoms with Gasteiger partial charge in [0.2, 0.25) is 0 Å². The van der Waals surface area contributed by atoms with E-state index in [9.17, 15) is 4.79 Å². The zero-order chi connectivity index (χ0) is 17.3. The lowest BCUT2D eigenvalue weighted by Gasteiger charge is -2.33. The van der Waals surface area contributed by atoms with E-state index in [4.69, 9.17) is 15.0 Å². The number of hydrogen-bond acceptors (Lipinski definition) is 7. The normalized spacial score (nSPS) is 18.2. The van der Waals surface area contributed by atoms with Crippen LogP contribution in [-0.4, -0.2) is 45.6 Å². The Bertz CT molecular complexity index is 743. The van der Waals surface area contributed by atoms with Gasteiger partial charge in [0.1, 0.15) is 28.9 Å². The van der Waals surface area contributed by atoms with Crippen LogP contribution in [0.1, 0.15) is 53.4 Å². The van der Waals surface area contributed by atoms with E-state index >= 15 is 0 Å². The molecule has 3 rings (SSSR count). The highest BCUT2D eigenvalue weighted by Gasteiger charge is 2.32. The Balaban J connectivity index is 1.84. The Hall–Kier alpha value is -2.48. The lowest BCUT2D eigenvalue weighted by molar-refractivity contribution is -0.0246. The maximum absolute atomic E-state index is 13.0. The SMILES string of the molecule is Cc1onc(C(C)C)c1C(=O)N1CCOC(c2nccnc2N)C1. The summed E-state index contributed by atoms with van der Waals surface area (Å²) in [6.45, 7) is 6.99. The quantitative estimate of drug-likeness (QED) is 0.911. The monoisotopic (exact) mass is 331 g/mol. The summed E-state index contributed by atoms with van der Waals surface area (Å²) < 4.78 is 11.0. The van der Waals surface area contributed by atoms with Crippen molar-refractivity contribution >= 4 is 11.7 Å². The molecule has 8 nitrogen and oxygen atoms in total. The van der Waals surface area contributed by atoms with Crippen LogP contribution < -0.4 is 5.73 Å². The molecule has 3 heterocycles. The third-order valence-corrected chi connectivity index (χ3v) is 4.06. The molecule has 0 spiro atoms. The van der Waals surface area contributed by atoms with E-state index in [0.717, 1.165) is 0 Å². The number of ether oxygens (including phenoxy) is 1. The molecule has 1 atom stereocenters. The minimum absolute atomic E-state index is 0.104. The summed E-state index contributed by atoms with van der Waals surface area (Å²) in [7, 11) is 0. The first kappa shape index (κ1) is 16.4. The van der Waals surface area contributed by atoms with Crippen molar-refractivity contribution in [2.24, 2.45) is 0 Å². The molecule has 1 amide bonds. The van der Waals surface area contributed by atoms with E-state index in [0.29, 0.717) is 48.2 Å². The van der Waals surface area contributed by atoms with Crippen molar-refractivity contribution in [3.63, 3.8) is 0 Å². The van der Waals surface area contributed by atoms with Crippen molar-refractivity contribution in [2.75, 3.05) is 25.4 Å². The number of anilines is 1. The third kappa shape index (κ3) is 2.96. The van der Waals surface area contributed by atoms with E-state index in [1.807, 2.05) is 13.8 Å². The number of morpholine rings is 1. The van der Waals surface area contributed by atoms with Gasteiger partial charge in [0.25, 0.3) is 5.91 Å². The number of nitrogens with two attached hydrogens (primary N) is 1. The number of nitrogens with zero attached hydrogens (tertiary/aromatic N) is 4. The van der Waals surface area contributed by atoms with E-state index in [1.54, 1.807) is 18.0 Å². The van der Waals surface area contributed by atoms with Gasteiger partial charge in [-0.25, -0.2) is 4.98 Å². The Labute approximate surface area is 140 Å². The fourth-order valence-electron chi connectivity index (χ4n) is 2.81. The number of hydrogen-bond donors (Lipinski definition) is 1. The van der Waals surface area contributed by atoms with E-state index < -0.39 is 0 Å². The highest BCUT2D eigenvalue weighted by atomic mass is 16.5. The predicted octanol–water partition coefficient (Wildman–Crippen LogP) is 1.69. The highest BCUT2D eigenvalue weighted by molar-refractivity contribution is 5.96. The number of carbonyl (C=O) groups is 1. The molecule has 1 saturated heterocycles.